The van der Waals surface area contributed by atoms with E-state index in [1.165, 1.54) is 0 Å². The molecule has 1 aromatic heterocycles. The SMILES string of the molecule is Cc1c(N)nc(C(C)C)nc1NC1(CO)CCCC1. The molecule has 1 aliphatic carbocycles. The summed E-state index contributed by atoms with van der Waals surface area (Å²) in [5.74, 6) is 2.27. The number of hydrogen-bond acceptors (Lipinski definition) is 5. The molecular formula is C14H24N4O. The Labute approximate surface area is 114 Å². The summed E-state index contributed by atoms with van der Waals surface area (Å²) in [6.07, 6.45) is 4.24. The van der Waals surface area contributed by atoms with Crippen molar-refractivity contribution in [1.29, 1.82) is 0 Å². The zero-order valence-corrected chi connectivity index (χ0v) is 12.0. The van der Waals surface area contributed by atoms with Gasteiger partial charge in [0.1, 0.15) is 17.5 Å². The Morgan fingerprint density at radius 1 is 1.32 bits per heavy atom. The normalized spacial score (nSPS) is 17.9. The summed E-state index contributed by atoms with van der Waals surface area (Å²) >= 11 is 0. The highest BCUT2D eigenvalue weighted by Gasteiger charge is 2.34. The average molecular weight is 264 g/mol. The average Bonchev–Trinajstić information content (AvgIpc) is 2.83. The van der Waals surface area contributed by atoms with Crippen molar-refractivity contribution in [2.24, 2.45) is 0 Å². The number of aliphatic hydroxyl groups is 1. The molecule has 0 atom stereocenters. The molecule has 0 radical (unpaired) electrons. The van der Waals surface area contributed by atoms with Crippen LogP contribution in [0, 0.1) is 6.92 Å². The third-order valence-electron chi connectivity index (χ3n) is 3.96. The number of rotatable bonds is 4. The number of nitrogens with one attached hydrogen (secondary N) is 1. The number of anilines is 2. The first-order chi connectivity index (χ1) is 8.97. The Morgan fingerprint density at radius 2 is 1.95 bits per heavy atom. The monoisotopic (exact) mass is 264 g/mol. The Bertz CT molecular complexity index is 453. The molecule has 5 nitrogen and oxygen atoms in total. The van der Waals surface area contributed by atoms with Gasteiger partial charge in [0.2, 0.25) is 0 Å². The lowest BCUT2D eigenvalue weighted by Gasteiger charge is -2.29. The zero-order valence-electron chi connectivity index (χ0n) is 12.0. The summed E-state index contributed by atoms with van der Waals surface area (Å²) in [5.41, 5.74) is 6.59. The minimum absolute atomic E-state index is 0.132. The topological polar surface area (TPSA) is 84.1 Å². The zero-order chi connectivity index (χ0) is 14.0. The van der Waals surface area contributed by atoms with Crippen molar-refractivity contribution in [2.45, 2.75) is 57.9 Å². The smallest absolute Gasteiger partial charge is 0.135 e. The van der Waals surface area contributed by atoms with Gasteiger partial charge >= 0.3 is 0 Å². The van der Waals surface area contributed by atoms with Gasteiger partial charge in [0.25, 0.3) is 0 Å². The van der Waals surface area contributed by atoms with Gasteiger partial charge in [0, 0.05) is 11.5 Å². The van der Waals surface area contributed by atoms with E-state index in [-0.39, 0.29) is 18.1 Å². The predicted molar refractivity (Wildman–Crippen MR) is 77.2 cm³/mol. The molecule has 1 heterocycles. The van der Waals surface area contributed by atoms with Crippen LogP contribution >= 0.6 is 0 Å². The van der Waals surface area contributed by atoms with E-state index < -0.39 is 0 Å². The fourth-order valence-electron chi connectivity index (χ4n) is 2.56. The molecule has 1 fully saturated rings. The second-order valence-electron chi connectivity index (χ2n) is 5.87. The van der Waals surface area contributed by atoms with Crippen LogP contribution in [0.4, 0.5) is 11.6 Å². The molecule has 1 aromatic rings. The van der Waals surface area contributed by atoms with E-state index in [1.54, 1.807) is 0 Å². The first-order valence-corrected chi connectivity index (χ1v) is 7.00. The molecule has 5 heteroatoms. The summed E-state index contributed by atoms with van der Waals surface area (Å²) in [5, 5.41) is 13.1. The van der Waals surface area contributed by atoms with Gasteiger partial charge in [0.15, 0.2) is 0 Å². The fourth-order valence-corrected chi connectivity index (χ4v) is 2.56. The summed E-state index contributed by atoms with van der Waals surface area (Å²) in [6, 6.07) is 0. The molecule has 0 bridgehead atoms. The highest BCUT2D eigenvalue weighted by molar-refractivity contribution is 5.56. The predicted octanol–water partition coefficient (Wildman–Crippen LogP) is 2.21. The first-order valence-electron chi connectivity index (χ1n) is 7.00. The van der Waals surface area contributed by atoms with Gasteiger partial charge in [-0.1, -0.05) is 26.7 Å². The van der Waals surface area contributed by atoms with Gasteiger partial charge in [-0.15, -0.1) is 0 Å². The van der Waals surface area contributed by atoms with E-state index in [1.807, 2.05) is 20.8 Å². The number of aliphatic hydroxyl groups excluding tert-OH is 1. The number of nitrogens with zero attached hydrogens (tertiary/aromatic N) is 2. The van der Waals surface area contributed by atoms with Crippen molar-refractivity contribution in [1.82, 2.24) is 9.97 Å². The van der Waals surface area contributed by atoms with Gasteiger partial charge in [-0.25, -0.2) is 9.97 Å². The lowest BCUT2D eigenvalue weighted by atomic mass is 9.98. The molecule has 1 saturated carbocycles. The molecule has 1 aliphatic rings. The van der Waals surface area contributed by atoms with Crippen molar-refractivity contribution in [3.63, 3.8) is 0 Å². The van der Waals surface area contributed by atoms with Crippen LogP contribution in [-0.2, 0) is 0 Å². The van der Waals surface area contributed by atoms with Gasteiger partial charge in [0.05, 0.1) is 12.1 Å². The molecule has 0 aromatic carbocycles. The van der Waals surface area contributed by atoms with Crippen LogP contribution in [0.1, 0.15) is 56.8 Å². The standard InChI is InChI=1S/C14H24N4O/c1-9(2)12-16-11(15)10(3)13(17-12)18-14(8-19)6-4-5-7-14/h9,19H,4-8H2,1-3H3,(H3,15,16,17,18). The minimum atomic E-state index is -0.236. The van der Waals surface area contributed by atoms with E-state index in [0.29, 0.717) is 5.82 Å². The van der Waals surface area contributed by atoms with Crippen LogP contribution in [-0.4, -0.2) is 27.2 Å². The van der Waals surface area contributed by atoms with E-state index in [9.17, 15) is 5.11 Å². The van der Waals surface area contributed by atoms with Crippen LogP contribution in [0.2, 0.25) is 0 Å². The molecule has 106 valence electrons. The minimum Gasteiger partial charge on any atom is -0.394 e. The lowest BCUT2D eigenvalue weighted by Crippen LogP contribution is -2.39. The molecule has 0 saturated heterocycles. The molecule has 2 rings (SSSR count). The van der Waals surface area contributed by atoms with Crippen molar-refractivity contribution >= 4 is 11.6 Å². The summed E-state index contributed by atoms with van der Waals surface area (Å²) in [4.78, 5) is 8.90. The maximum atomic E-state index is 9.68. The van der Waals surface area contributed by atoms with Crippen LogP contribution in [0.3, 0.4) is 0 Å². The Morgan fingerprint density at radius 3 is 2.47 bits per heavy atom. The fraction of sp³-hybridized carbons (Fsp3) is 0.714. The van der Waals surface area contributed by atoms with E-state index in [2.05, 4.69) is 15.3 Å². The van der Waals surface area contributed by atoms with Crippen LogP contribution in [0.25, 0.3) is 0 Å². The lowest BCUT2D eigenvalue weighted by molar-refractivity contribution is 0.213. The maximum Gasteiger partial charge on any atom is 0.135 e. The van der Waals surface area contributed by atoms with Gasteiger partial charge < -0.3 is 16.2 Å². The van der Waals surface area contributed by atoms with Crippen molar-refractivity contribution < 1.29 is 5.11 Å². The molecule has 0 spiro atoms. The van der Waals surface area contributed by atoms with E-state index in [0.717, 1.165) is 42.9 Å². The number of nitrogens with two attached hydrogens (primary N) is 1. The summed E-state index contributed by atoms with van der Waals surface area (Å²) < 4.78 is 0. The largest absolute Gasteiger partial charge is 0.394 e. The number of nitrogen functional groups attached to an aromatic ring is 1. The second kappa shape index (κ2) is 5.33. The molecule has 19 heavy (non-hydrogen) atoms. The quantitative estimate of drug-likeness (QED) is 0.776. The number of aromatic nitrogens is 2. The van der Waals surface area contributed by atoms with Gasteiger partial charge in [-0.3, -0.25) is 0 Å². The highest BCUT2D eigenvalue weighted by Crippen LogP contribution is 2.34. The maximum absolute atomic E-state index is 9.68. The second-order valence-corrected chi connectivity index (χ2v) is 5.87. The molecular weight excluding hydrogens is 240 g/mol. The third kappa shape index (κ3) is 2.81. The van der Waals surface area contributed by atoms with Gasteiger partial charge in [-0.2, -0.15) is 0 Å². The Hall–Kier alpha value is -1.36. The van der Waals surface area contributed by atoms with Crippen LogP contribution in [0.15, 0.2) is 0 Å². The summed E-state index contributed by atoms with van der Waals surface area (Å²) in [6.45, 7) is 6.14. The molecule has 0 unspecified atom stereocenters. The first kappa shape index (κ1) is 14.1. The van der Waals surface area contributed by atoms with Crippen molar-refractivity contribution in [3.8, 4) is 0 Å². The van der Waals surface area contributed by atoms with Crippen LogP contribution in [0.5, 0.6) is 0 Å². The molecule has 0 amide bonds. The van der Waals surface area contributed by atoms with Crippen molar-refractivity contribution in [3.05, 3.63) is 11.4 Å². The Kier molecular flexibility index (Phi) is 3.94. The van der Waals surface area contributed by atoms with Gasteiger partial charge in [-0.05, 0) is 19.8 Å². The van der Waals surface area contributed by atoms with E-state index in [4.69, 9.17) is 5.73 Å². The van der Waals surface area contributed by atoms with Crippen molar-refractivity contribution in [2.75, 3.05) is 17.7 Å². The summed E-state index contributed by atoms with van der Waals surface area (Å²) in [7, 11) is 0. The van der Waals surface area contributed by atoms with E-state index >= 15 is 0 Å². The van der Waals surface area contributed by atoms with Crippen LogP contribution < -0.4 is 11.1 Å². The Balaban J connectivity index is 2.33. The molecule has 4 N–H and O–H groups in total. The highest BCUT2D eigenvalue weighted by atomic mass is 16.3. The number of hydrogen-bond donors (Lipinski definition) is 3. The third-order valence-corrected chi connectivity index (χ3v) is 3.96. The molecule has 0 aliphatic heterocycles.